The fourth-order valence-electron chi connectivity index (χ4n) is 3.40. The van der Waals surface area contributed by atoms with Crippen LogP contribution in [0.15, 0.2) is 42.5 Å². The first-order valence-corrected chi connectivity index (χ1v) is 9.50. The Kier molecular flexibility index (Phi) is 6.71. The van der Waals surface area contributed by atoms with Crippen LogP contribution in [-0.4, -0.2) is 38.1 Å². The van der Waals surface area contributed by atoms with Crippen molar-refractivity contribution in [2.45, 2.75) is 32.4 Å². The molecule has 0 spiro atoms. The standard InChI is InChI=1S/C22H28N2O3/c1-26-19-10-11-20(21(14-19)27-2)22(25)23-15-17-6-8-18(9-7-17)16-24-12-4-3-5-13-24/h6-11,14H,3-5,12-13,15-16H2,1-2H3,(H,23,25). The summed E-state index contributed by atoms with van der Waals surface area (Å²) in [7, 11) is 3.13. The number of nitrogens with one attached hydrogen (secondary N) is 1. The number of rotatable bonds is 7. The number of ether oxygens (including phenoxy) is 2. The van der Waals surface area contributed by atoms with E-state index in [1.165, 1.54) is 37.9 Å². The third-order valence-electron chi connectivity index (χ3n) is 4.98. The van der Waals surface area contributed by atoms with Crippen LogP contribution in [0, 0.1) is 0 Å². The highest BCUT2D eigenvalue weighted by Crippen LogP contribution is 2.24. The average molecular weight is 368 g/mol. The van der Waals surface area contributed by atoms with Crippen molar-refractivity contribution in [3.8, 4) is 11.5 Å². The molecule has 0 aliphatic carbocycles. The number of likely N-dealkylation sites (tertiary alicyclic amines) is 1. The molecule has 0 aromatic heterocycles. The summed E-state index contributed by atoms with van der Waals surface area (Å²) in [5.74, 6) is 1.00. The van der Waals surface area contributed by atoms with Gasteiger partial charge in [0.15, 0.2) is 0 Å². The highest BCUT2D eigenvalue weighted by Gasteiger charge is 2.13. The minimum atomic E-state index is -0.160. The van der Waals surface area contributed by atoms with E-state index in [4.69, 9.17) is 9.47 Å². The van der Waals surface area contributed by atoms with E-state index in [1.807, 2.05) is 0 Å². The van der Waals surface area contributed by atoms with Gasteiger partial charge in [-0.2, -0.15) is 0 Å². The Balaban J connectivity index is 1.55. The van der Waals surface area contributed by atoms with Gasteiger partial charge in [-0.15, -0.1) is 0 Å². The Bertz CT molecular complexity index is 753. The molecule has 0 radical (unpaired) electrons. The molecular weight excluding hydrogens is 340 g/mol. The summed E-state index contributed by atoms with van der Waals surface area (Å²) in [5, 5.41) is 2.96. The van der Waals surface area contributed by atoms with E-state index in [9.17, 15) is 4.79 Å². The Morgan fingerprint density at radius 1 is 0.963 bits per heavy atom. The molecule has 144 valence electrons. The summed E-state index contributed by atoms with van der Waals surface area (Å²) in [5.41, 5.74) is 2.90. The van der Waals surface area contributed by atoms with Gasteiger partial charge in [-0.1, -0.05) is 30.7 Å². The van der Waals surface area contributed by atoms with Gasteiger partial charge >= 0.3 is 0 Å². The second kappa shape index (κ2) is 9.42. The fraction of sp³-hybridized carbons (Fsp3) is 0.409. The molecule has 0 bridgehead atoms. The van der Waals surface area contributed by atoms with E-state index < -0.39 is 0 Å². The Labute approximate surface area is 161 Å². The molecule has 3 rings (SSSR count). The van der Waals surface area contributed by atoms with Crippen molar-refractivity contribution in [2.75, 3.05) is 27.3 Å². The Morgan fingerprint density at radius 3 is 2.33 bits per heavy atom. The average Bonchev–Trinajstić information content (AvgIpc) is 2.73. The van der Waals surface area contributed by atoms with Crippen molar-refractivity contribution in [2.24, 2.45) is 0 Å². The highest BCUT2D eigenvalue weighted by molar-refractivity contribution is 5.97. The predicted molar refractivity (Wildman–Crippen MR) is 106 cm³/mol. The van der Waals surface area contributed by atoms with Gasteiger partial charge in [0.2, 0.25) is 0 Å². The van der Waals surface area contributed by atoms with Gasteiger partial charge in [-0.05, 0) is 49.2 Å². The zero-order valence-corrected chi connectivity index (χ0v) is 16.2. The van der Waals surface area contributed by atoms with Crippen molar-refractivity contribution in [1.29, 1.82) is 0 Å². The Hall–Kier alpha value is -2.53. The summed E-state index contributed by atoms with van der Waals surface area (Å²) < 4.78 is 10.5. The lowest BCUT2D eigenvalue weighted by atomic mass is 10.1. The molecule has 1 heterocycles. The molecule has 2 aromatic carbocycles. The molecule has 0 saturated carbocycles. The van der Waals surface area contributed by atoms with Crippen LogP contribution >= 0.6 is 0 Å². The summed E-state index contributed by atoms with van der Waals surface area (Å²) in [4.78, 5) is 15.0. The van der Waals surface area contributed by atoms with Crippen LogP contribution < -0.4 is 14.8 Å². The molecule has 5 heteroatoms. The zero-order chi connectivity index (χ0) is 19.1. The lowest BCUT2D eigenvalue weighted by molar-refractivity contribution is 0.0948. The smallest absolute Gasteiger partial charge is 0.255 e. The molecule has 5 nitrogen and oxygen atoms in total. The number of nitrogens with zero attached hydrogens (tertiary/aromatic N) is 1. The molecule has 1 N–H and O–H groups in total. The molecule has 1 saturated heterocycles. The van der Waals surface area contributed by atoms with Gasteiger partial charge < -0.3 is 14.8 Å². The lowest BCUT2D eigenvalue weighted by Gasteiger charge is -2.26. The SMILES string of the molecule is COc1ccc(C(=O)NCc2ccc(CN3CCCCC3)cc2)c(OC)c1. The van der Waals surface area contributed by atoms with Crippen molar-refractivity contribution >= 4 is 5.91 Å². The molecule has 0 unspecified atom stereocenters. The zero-order valence-electron chi connectivity index (χ0n) is 16.2. The van der Waals surface area contributed by atoms with Crippen LogP contribution in [-0.2, 0) is 13.1 Å². The van der Waals surface area contributed by atoms with Crippen LogP contribution in [0.1, 0.15) is 40.7 Å². The quantitative estimate of drug-likeness (QED) is 0.811. The first kappa shape index (κ1) is 19.2. The molecule has 27 heavy (non-hydrogen) atoms. The maximum atomic E-state index is 12.5. The summed E-state index contributed by atoms with van der Waals surface area (Å²) >= 11 is 0. The second-order valence-electron chi connectivity index (χ2n) is 6.90. The van der Waals surface area contributed by atoms with Gasteiger partial charge in [-0.3, -0.25) is 9.69 Å². The van der Waals surface area contributed by atoms with Gasteiger partial charge in [-0.25, -0.2) is 0 Å². The van der Waals surface area contributed by atoms with Gasteiger partial charge in [0.25, 0.3) is 5.91 Å². The Morgan fingerprint density at radius 2 is 1.67 bits per heavy atom. The molecule has 0 atom stereocenters. The van der Waals surface area contributed by atoms with E-state index in [1.54, 1.807) is 32.4 Å². The number of carbonyl (C=O) groups excluding carboxylic acids is 1. The number of hydrogen-bond acceptors (Lipinski definition) is 4. The third-order valence-corrected chi connectivity index (χ3v) is 4.98. The molecule has 1 aliphatic heterocycles. The van der Waals surface area contributed by atoms with Crippen LogP contribution in [0.25, 0.3) is 0 Å². The van der Waals surface area contributed by atoms with Crippen LogP contribution in [0.2, 0.25) is 0 Å². The van der Waals surface area contributed by atoms with Crippen molar-refractivity contribution in [3.63, 3.8) is 0 Å². The molecule has 1 aliphatic rings. The molecule has 1 fully saturated rings. The largest absolute Gasteiger partial charge is 0.497 e. The third kappa shape index (κ3) is 5.23. The fourth-order valence-corrected chi connectivity index (χ4v) is 3.40. The van der Waals surface area contributed by atoms with E-state index >= 15 is 0 Å². The monoisotopic (exact) mass is 368 g/mol. The molecule has 2 aromatic rings. The second-order valence-corrected chi connectivity index (χ2v) is 6.90. The first-order chi connectivity index (χ1) is 13.2. The van der Waals surface area contributed by atoms with E-state index in [0.717, 1.165) is 12.1 Å². The predicted octanol–water partition coefficient (Wildman–Crippen LogP) is 3.62. The number of methoxy groups -OCH3 is 2. The van der Waals surface area contributed by atoms with Crippen molar-refractivity contribution < 1.29 is 14.3 Å². The van der Waals surface area contributed by atoms with Gasteiger partial charge in [0.05, 0.1) is 19.8 Å². The number of hydrogen-bond donors (Lipinski definition) is 1. The normalized spacial score (nSPS) is 14.6. The lowest BCUT2D eigenvalue weighted by Crippen LogP contribution is -2.29. The summed E-state index contributed by atoms with van der Waals surface area (Å²) in [6.07, 6.45) is 3.96. The van der Waals surface area contributed by atoms with Gasteiger partial charge in [0.1, 0.15) is 11.5 Å². The van der Waals surface area contributed by atoms with E-state index in [-0.39, 0.29) is 5.91 Å². The summed E-state index contributed by atoms with van der Waals surface area (Å²) in [6.45, 7) is 3.89. The maximum Gasteiger partial charge on any atom is 0.255 e. The van der Waals surface area contributed by atoms with Gasteiger partial charge in [0, 0.05) is 19.2 Å². The number of carbonyl (C=O) groups is 1. The minimum absolute atomic E-state index is 0.160. The molecule has 1 amide bonds. The van der Waals surface area contributed by atoms with Crippen molar-refractivity contribution in [3.05, 3.63) is 59.2 Å². The number of benzene rings is 2. The first-order valence-electron chi connectivity index (χ1n) is 9.50. The van der Waals surface area contributed by atoms with Crippen LogP contribution in [0.3, 0.4) is 0 Å². The van der Waals surface area contributed by atoms with Crippen LogP contribution in [0.4, 0.5) is 0 Å². The van der Waals surface area contributed by atoms with E-state index in [0.29, 0.717) is 23.6 Å². The minimum Gasteiger partial charge on any atom is -0.497 e. The highest BCUT2D eigenvalue weighted by atomic mass is 16.5. The number of amides is 1. The summed E-state index contributed by atoms with van der Waals surface area (Å²) in [6, 6.07) is 13.7. The van der Waals surface area contributed by atoms with E-state index in [2.05, 4.69) is 34.5 Å². The van der Waals surface area contributed by atoms with Crippen molar-refractivity contribution in [1.82, 2.24) is 10.2 Å². The van der Waals surface area contributed by atoms with Crippen LogP contribution in [0.5, 0.6) is 11.5 Å². The molecular formula is C22H28N2O3. The number of piperidine rings is 1. The topological polar surface area (TPSA) is 50.8 Å². The maximum absolute atomic E-state index is 12.5.